The van der Waals surface area contributed by atoms with Gasteiger partial charge in [-0.15, -0.1) is 0 Å². The minimum absolute atomic E-state index is 0.0336. The van der Waals surface area contributed by atoms with E-state index in [9.17, 15) is 4.79 Å². The largest absolute Gasteiger partial charge is 0.307 e. The number of carbonyl (C=O) groups is 1. The van der Waals surface area contributed by atoms with Gasteiger partial charge in [0.25, 0.3) is 0 Å². The third kappa shape index (κ3) is 4.88. The van der Waals surface area contributed by atoms with Crippen LogP contribution in [-0.4, -0.2) is 30.5 Å². The average molecular weight is 529 g/mol. The van der Waals surface area contributed by atoms with Crippen molar-refractivity contribution in [2.45, 2.75) is 33.9 Å². The molecule has 0 bridgehead atoms. The molecule has 0 spiro atoms. The summed E-state index contributed by atoms with van der Waals surface area (Å²) in [5.74, 6) is 0.252. The highest BCUT2D eigenvalue weighted by Gasteiger charge is 2.17. The molecule has 3 aromatic heterocycles. The van der Waals surface area contributed by atoms with Crippen LogP contribution in [0.1, 0.15) is 22.4 Å². The fourth-order valence-electron chi connectivity index (χ4n) is 4.23. The molecule has 0 unspecified atom stereocenters. The standard InChI is InChI=1S/C27H25BrN6O/c1-17-7-9-21(10-8-17)22-11-12-29-27-25(22)19(3)31-34(27)16-24(35)30-26-23(28)15-33(32-26)14-20-6-4-5-18(2)13-20/h4-13,15H,14,16H2,1-3H3,(H,30,32,35). The smallest absolute Gasteiger partial charge is 0.247 e. The minimum Gasteiger partial charge on any atom is -0.307 e. The van der Waals surface area contributed by atoms with E-state index in [0.717, 1.165) is 32.2 Å². The number of benzene rings is 2. The SMILES string of the molecule is Cc1ccc(-c2ccnc3c2c(C)nn3CC(=O)Nc2nn(Cc3cccc(C)c3)cc2Br)cc1. The molecule has 0 radical (unpaired) electrons. The second-order valence-corrected chi connectivity index (χ2v) is 9.58. The van der Waals surface area contributed by atoms with E-state index in [1.807, 2.05) is 25.3 Å². The molecule has 5 aromatic rings. The van der Waals surface area contributed by atoms with Crippen molar-refractivity contribution in [3.05, 3.63) is 93.8 Å². The molecule has 0 aliphatic heterocycles. The third-order valence-corrected chi connectivity index (χ3v) is 6.45. The van der Waals surface area contributed by atoms with E-state index >= 15 is 0 Å². The van der Waals surface area contributed by atoms with E-state index < -0.39 is 0 Å². The summed E-state index contributed by atoms with van der Waals surface area (Å²) in [5.41, 5.74) is 7.21. The Kier molecular flexibility index (Phi) is 6.21. The molecule has 1 N–H and O–H groups in total. The number of nitrogens with one attached hydrogen (secondary N) is 1. The highest BCUT2D eigenvalue weighted by atomic mass is 79.9. The van der Waals surface area contributed by atoms with Gasteiger partial charge in [-0.3, -0.25) is 9.48 Å². The quantitative estimate of drug-likeness (QED) is 0.308. The Morgan fingerprint density at radius 3 is 2.57 bits per heavy atom. The van der Waals surface area contributed by atoms with Gasteiger partial charge in [0.1, 0.15) is 6.54 Å². The van der Waals surface area contributed by atoms with Gasteiger partial charge in [-0.1, -0.05) is 59.7 Å². The second-order valence-electron chi connectivity index (χ2n) is 8.73. The van der Waals surface area contributed by atoms with Crippen molar-refractivity contribution in [3.8, 4) is 11.1 Å². The number of nitrogens with zero attached hydrogens (tertiary/aromatic N) is 5. The average Bonchev–Trinajstić information content (AvgIpc) is 3.32. The van der Waals surface area contributed by atoms with Gasteiger partial charge in [0.05, 0.1) is 16.7 Å². The normalized spacial score (nSPS) is 11.2. The predicted molar refractivity (Wildman–Crippen MR) is 141 cm³/mol. The molecule has 1 amide bonds. The van der Waals surface area contributed by atoms with Crippen molar-refractivity contribution in [1.29, 1.82) is 0 Å². The van der Waals surface area contributed by atoms with E-state index in [1.165, 1.54) is 11.1 Å². The van der Waals surface area contributed by atoms with Crippen LogP contribution < -0.4 is 5.32 Å². The Morgan fingerprint density at radius 2 is 1.80 bits per heavy atom. The summed E-state index contributed by atoms with van der Waals surface area (Å²) in [4.78, 5) is 17.5. The number of hydrogen-bond donors (Lipinski definition) is 1. The minimum atomic E-state index is -0.224. The summed E-state index contributed by atoms with van der Waals surface area (Å²) in [6.07, 6.45) is 3.62. The van der Waals surface area contributed by atoms with Crippen molar-refractivity contribution in [2.75, 3.05) is 5.32 Å². The maximum absolute atomic E-state index is 12.9. The molecule has 0 aliphatic carbocycles. The van der Waals surface area contributed by atoms with Crippen molar-refractivity contribution in [2.24, 2.45) is 0 Å². The predicted octanol–water partition coefficient (Wildman–Crippen LogP) is 5.67. The zero-order valence-corrected chi connectivity index (χ0v) is 21.4. The zero-order valence-electron chi connectivity index (χ0n) is 19.8. The summed E-state index contributed by atoms with van der Waals surface area (Å²) in [6, 6.07) is 18.6. The lowest BCUT2D eigenvalue weighted by atomic mass is 10.0. The van der Waals surface area contributed by atoms with Gasteiger partial charge >= 0.3 is 0 Å². The lowest BCUT2D eigenvalue weighted by Gasteiger charge is -2.06. The van der Waals surface area contributed by atoms with Gasteiger partial charge in [-0.05, 0) is 59.5 Å². The molecule has 35 heavy (non-hydrogen) atoms. The first-order valence-corrected chi connectivity index (χ1v) is 12.1. The Bertz CT molecular complexity index is 1530. The van der Waals surface area contributed by atoms with Gasteiger partial charge in [0.2, 0.25) is 5.91 Å². The molecular weight excluding hydrogens is 504 g/mol. The van der Waals surface area contributed by atoms with Gasteiger partial charge < -0.3 is 5.32 Å². The maximum atomic E-state index is 12.9. The van der Waals surface area contributed by atoms with Crippen LogP contribution in [-0.2, 0) is 17.9 Å². The summed E-state index contributed by atoms with van der Waals surface area (Å²) in [6.45, 7) is 6.72. The number of halogens is 1. The van der Waals surface area contributed by atoms with Crippen LogP contribution in [0, 0.1) is 20.8 Å². The van der Waals surface area contributed by atoms with Crippen molar-refractivity contribution in [3.63, 3.8) is 0 Å². The van der Waals surface area contributed by atoms with E-state index in [2.05, 4.69) is 92.7 Å². The van der Waals surface area contributed by atoms with Gasteiger partial charge in [-0.25, -0.2) is 9.67 Å². The second kappa shape index (κ2) is 9.46. The number of rotatable bonds is 6. The van der Waals surface area contributed by atoms with Crippen LogP contribution in [0.4, 0.5) is 5.82 Å². The van der Waals surface area contributed by atoms with Crippen molar-refractivity contribution < 1.29 is 4.79 Å². The summed E-state index contributed by atoms with van der Waals surface area (Å²) in [7, 11) is 0. The van der Waals surface area contributed by atoms with Crippen LogP contribution in [0.25, 0.3) is 22.2 Å². The summed E-state index contributed by atoms with van der Waals surface area (Å²) >= 11 is 3.51. The van der Waals surface area contributed by atoms with E-state index in [1.54, 1.807) is 15.6 Å². The lowest BCUT2D eigenvalue weighted by Crippen LogP contribution is -2.20. The van der Waals surface area contributed by atoms with Gasteiger partial charge in [0, 0.05) is 17.8 Å². The van der Waals surface area contributed by atoms with E-state index in [-0.39, 0.29) is 12.5 Å². The Morgan fingerprint density at radius 1 is 1.00 bits per heavy atom. The molecule has 0 saturated heterocycles. The fraction of sp³-hybridized carbons (Fsp3) is 0.185. The van der Waals surface area contributed by atoms with Crippen LogP contribution in [0.3, 0.4) is 0 Å². The number of anilines is 1. The highest BCUT2D eigenvalue weighted by Crippen LogP contribution is 2.30. The molecule has 0 saturated carbocycles. The van der Waals surface area contributed by atoms with Crippen LogP contribution in [0.15, 0.2) is 71.5 Å². The molecule has 0 atom stereocenters. The number of amides is 1. The number of aryl methyl sites for hydroxylation is 3. The number of pyridine rings is 1. The van der Waals surface area contributed by atoms with Crippen LogP contribution in [0.2, 0.25) is 0 Å². The zero-order chi connectivity index (χ0) is 24.5. The molecule has 2 aromatic carbocycles. The molecule has 176 valence electrons. The summed E-state index contributed by atoms with van der Waals surface area (Å²) < 4.78 is 4.17. The molecule has 0 fully saturated rings. The number of hydrogen-bond acceptors (Lipinski definition) is 4. The topological polar surface area (TPSA) is 77.6 Å². The molecule has 7 nitrogen and oxygen atoms in total. The Labute approximate surface area is 211 Å². The molecular formula is C27H25BrN6O. The monoisotopic (exact) mass is 528 g/mol. The molecule has 3 heterocycles. The lowest BCUT2D eigenvalue weighted by molar-refractivity contribution is -0.116. The maximum Gasteiger partial charge on any atom is 0.247 e. The number of carbonyl (C=O) groups excluding carboxylic acids is 1. The molecule has 5 rings (SSSR count). The Hall–Kier alpha value is -3.78. The molecule has 0 aliphatic rings. The third-order valence-electron chi connectivity index (χ3n) is 5.87. The van der Waals surface area contributed by atoms with E-state index in [0.29, 0.717) is 18.0 Å². The van der Waals surface area contributed by atoms with Crippen molar-refractivity contribution >= 4 is 38.7 Å². The highest BCUT2D eigenvalue weighted by molar-refractivity contribution is 9.10. The van der Waals surface area contributed by atoms with Gasteiger partial charge in [0.15, 0.2) is 11.5 Å². The van der Waals surface area contributed by atoms with Crippen LogP contribution in [0.5, 0.6) is 0 Å². The Balaban J connectivity index is 1.36. The van der Waals surface area contributed by atoms with Crippen LogP contribution >= 0.6 is 15.9 Å². The first-order valence-electron chi connectivity index (χ1n) is 11.3. The first kappa shape index (κ1) is 23.0. The fourth-order valence-corrected chi connectivity index (χ4v) is 4.65. The van der Waals surface area contributed by atoms with Gasteiger partial charge in [-0.2, -0.15) is 10.2 Å². The number of fused-ring (bicyclic) bond motifs is 1. The summed E-state index contributed by atoms with van der Waals surface area (Å²) in [5, 5.41) is 13.0. The number of aromatic nitrogens is 5. The first-order chi connectivity index (χ1) is 16.9. The van der Waals surface area contributed by atoms with Crippen molar-refractivity contribution in [1.82, 2.24) is 24.5 Å². The molecule has 8 heteroatoms. The van der Waals surface area contributed by atoms with E-state index in [4.69, 9.17) is 0 Å².